The minimum Gasteiger partial charge on any atom is -0.481 e. The van der Waals surface area contributed by atoms with Gasteiger partial charge in [0.25, 0.3) is 0 Å². The fraction of sp³-hybridized carbons (Fsp3) is 0.267. The molecule has 2 atom stereocenters. The normalized spacial score (nSPS) is 14.9. The highest BCUT2D eigenvalue weighted by atomic mass is 35.5. The zero-order valence-corrected chi connectivity index (χ0v) is 11.7. The molecule has 0 aliphatic carbocycles. The molecule has 2 aromatic rings. The number of carboxylic acid groups (broad SMARTS) is 1. The second-order valence-electron chi connectivity index (χ2n) is 4.90. The summed E-state index contributed by atoms with van der Waals surface area (Å²) in [6.07, 6.45) is -4.57. The van der Waals surface area contributed by atoms with E-state index in [4.69, 9.17) is 16.7 Å². The Kier molecular flexibility index (Phi) is 4.14. The minimum atomic E-state index is -4.57. The smallest absolute Gasteiger partial charge is 0.392 e. The van der Waals surface area contributed by atoms with E-state index in [1.54, 1.807) is 24.3 Å². The van der Waals surface area contributed by atoms with E-state index in [0.29, 0.717) is 10.4 Å². The average Bonchev–Trinajstić information content (AvgIpc) is 2.37. The van der Waals surface area contributed by atoms with Crippen LogP contribution in [-0.2, 0) is 4.79 Å². The van der Waals surface area contributed by atoms with Gasteiger partial charge in [-0.05, 0) is 28.5 Å². The van der Waals surface area contributed by atoms with Crippen molar-refractivity contribution in [1.29, 1.82) is 0 Å². The number of benzene rings is 2. The second kappa shape index (κ2) is 5.56. The molecule has 0 aliphatic rings. The number of carbonyl (C=O) groups is 1. The highest BCUT2D eigenvalue weighted by Crippen LogP contribution is 2.38. The molecule has 1 N–H and O–H groups in total. The van der Waals surface area contributed by atoms with Crippen molar-refractivity contribution in [2.75, 3.05) is 0 Å². The molecule has 0 fully saturated rings. The van der Waals surface area contributed by atoms with E-state index in [1.807, 2.05) is 0 Å². The van der Waals surface area contributed by atoms with E-state index in [2.05, 4.69) is 0 Å². The van der Waals surface area contributed by atoms with Gasteiger partial charge in [-0.15, -0.1) is 0 Å². The van der Waals surface area contributed by atoms with Gasteiger partial charge in [0.15, 0.2) is 0 Å². The predicted octanol–water partition coefficient (Wildman–Crippen LogP) is 4.86. The fourth-order valence-electron chi connectivity index (χ4n) is 2.26. The molecule has 2 aromatic carbocycles. The van der Waals surface area contributed by atoms with Gasteiger partial charge in [-0.3, -0.25) is 4.79 Å². The molecule has 0 aliphatic heterocycles. The monoisotopic (exact) mass is 316 g/mol. The average molecular weight is 317 g/mol. The van der Waals surface area contributed by atoms with Crippen LogP contribution in [0, 0.1) is 5.92 Å². The number of carboxylic acids is 1. The molecule has 21 heavy (non-hydrogen) atoms. The summed E-state index contributed by atoms with van der Waals surface area (Å²) in [5.41, 5.74) is 0.127. The van der Waals surface area contributed by atoms with Crippen molar-refractivity contribution >= 4 is 28.3 Å². The van der Waals surface area contributed by atoms with Gasteiger partial charge in [0.05, 0.1) is 11.8 Å². The topological polar surface area (TPSA) is 37.3 Å². The molecule has 2 nitrogen and oxygen atoms in total. The summed E-state index contributed by atoms with van der Waals surface area (Å²) < 4.78 is 38.5. The maximum Gasteiger partial charge on any atom is 0.392 e. The third-order valence-corrected chi connectivity index (χ3v) is 3.70. The summed E-state index contributed by atoms with van der Waals surface area (Å²) >= 11 is 5.84. The first-order valence-electron chi connectivity index (χ1n) is 6.19. The van der Waals surface area contributed by atoms with E-state index < -0.39 is 24.0 Å². The molecular weight excluding hydrogens is 305 g/mol. The lowest BCUT2D eigenvalue weighted by Gasteiger charge is -2.23. The van der Waals surface area contributed by atoms with Crippen molar-refractivity contribution in [3.05, 3.63) is 47.0 Å². The zero-order chi connectivity index (χ0) is 15.8. The summed E-state index contributed by atoms with van der Waals surface area (Å²) in [7, 11) is 0. The Morgan fingerprint density at radius 2 is 1.71 bits per heavy atom. The van der Waals surface area contributed by atoms with Crippen LogP contribution in [0.25, 0.3) is 10.8 Å². The van der Waals surface area contributed by atoms with Crippen LogP contribution in [0.3, 0.4) is 0 Å². The lowest BCUT2D eigenvalue weighted by Crippen LogP contribution is -2.31. The van der Waals surface area contributed by atoms with Crippen LogP contribution in [0.2, 0.25) is 5.02 Å². The van der Waals surface area contributed by atoms with Crippen molar-refractivity contribution in [2.45, 2.75) is 19.0 Å². The van der Waals surface area contributed by atoms with Crippen LogP contribution in [0.5, 0.6) is 0 Å². The van der Waals surface area contributed by atoms with Gasteiger partial charge >= 0.3 is 12.1 Å². The van der Waals surface area contributed by atoms with E-state index in [-0.39, 0.29) is 5.56 Å². The molecule has 0 amide bonds. The zero-order valence-electron chi connectivity index (χ0n) is 11.0. The molecule has 0 aromatic heterocycles. The number of rotatable bonds is 3. The minimum absolute atomic E-state index is 0.127. The Morgan fingerprint density at radius 3 is 2.29 bits per heavy atom. The van der Waals surface area contributed by atoms with E-state index in [0.717, 1.165) is 12.3 Å². The van der Waals surface area contributed by atoms with Gasteiger partial charge in [0.2, 0.25) is 0 Å². The number of aliphatic carboxylic acids is 1. The lowest BCUT2D eigenvalue weighted by atomic mass is 9.86. The summed E-state index contributed by atoms with van der Waals surface area (Å²) in [5, 5.41) is 11.1. The Hall–Kier alpha value is -1.75. The molecule has 0 saturated heterocycles. The highest BCUT2D eigenvalue weighted by molar-refractivity contribution is 6.31. The Bertz CT molecular complexity index is 682. The number of halogens is 4. The van der Waals surface area contributed by atoms with Crippen LogP contribution in [-0.4, -0.2) is 17.3 Å². The largest absolute Gasteiger partial charge is 0.481 e. The quantitative estimate of drug-likeness (QED) is 0.878. The van der Waals surface area contributed by atoms with Crippen LogP contribution in [0.15, 0.2) is 36.4 Å². The summed E-state index contributed by atoms with van der Waals surface area (Å²) in [5.74, 6) is -5.10. The third-order valence-electron chi connectivity index (χ3n) is 3.47. The van der Waals surface area contributed by atoms with Crippen LogP contribution in [0.4, 0.5) is 13.2 Å². The number of fused-ring (bicyclic) bond motifs is 1. The Balaban J connectivity index is 2.51. The molecule has 6 heteroatoms. The maximum absolute atomic E-state index is 12.8. The summed E-state index contributed by atoms with van der Waals surface area (Å²) in [4.78, 5) is 11.3. The van der Waals surface area contributed by atoms with Crippen molar-refractivity contribution in [1.82, 2.24) is 0 Å². The molecule has 0 spiro atoms. The first kappa shape index (κ1) is 15.6. The fourth-order valence-corrected chi connectivity index (χ4v) is 2.44. The van der Waals surface area contributed by atoms with Crippen LogP contribution >= 0.6 is 11.6 Å². The SMILES string of the molecule is C[C@H]([C@@H](C(=O)O)c1ccc2cc(Cl)ccc2c1)C(F)(F)F. The first-order chi connectivity index (χ1) is 9.70. The predicted molar refractivity (Wildman–Crippen MR) is 74.6 cm³/mol. The van der Waals surface area contributed by atoms with Crippen LogP contribution < -0.4 is 0 Å². The molecule has 0 unspecified atom stereocenters. The van der Waals surface area contributed by atoms with Gasteiger partial charge in [0, 0.05) is 5.02 Å². The molecule has 0 heterocycles. The summed E-state index contributed by atoms with van der Waals surface area (Å²) in [6.45, 7) is 0.880. The van der Waals surface area contributed by atoms with Gasteiger partial charge < -0.3 is 5.11 Å². The van der Waals surface area contributed by atoms with E-state index in [1.165, 1.54) is 12.1 Å². The van der Waals surface area contributed by atoms with Crippen molar-refractivity contribution in [2.24, 2.45) is 5.92 Å². The molecule has 0 radical (unpaired) electrons. The van der Waals surface area contributed by atoms with Crippen molar-refractivity contribution < 1.29 is 23.1 Å². The molecule has 0 saturated carbocycles. The molecule has 0 bridgehead atoms. The summed E-state index contributed by atoms with van der Waals surface area (Å²) in [6, 6.07) is 9.38. The van der Waals surface area contributed by atoms with Gasteiger partial charge in [-0.1, -0.05) is 42.8 Å². The standard InChI is InChI=1S/C15H12ClF3O2/c1-8(15(17,18)19)13(14(20)21)11-3-2-10-7-12(16)5-4-9(10)6-11/h2-8,13H,1H3,(H,20,21)/t8-,13-/m1/s1. The first-order valence-corrected chi connectivity index (χ1v) is 6.56. The van der Waals surface area contributed by atoms with Gasteiger partial charge in [-0.2, -0.15) is 13.2 Å². The number of hydrogen-bond donors (Lipinski definition) is 1. The number of hydrogen-bond acceptors (Lipinski definition) is 1. The van der Waals surface area contributed by atoms with Gasteiger partial charge in [0.1, 0.15) is 0 Å². The van der Waals surface area contributed by atoms with E-state index in [9.17, 15) is 18.0 Å². The van der Waals surface area contributed by atoms with Crippen molar-refractivity contribution in [3.8, 4) is 0 Å². The second-order valence-corrected chi connectivity index (χ2v) is 5.33. The highest BCUT2D eigenvalue weighted by Gasteiger charge is 2.45. The molecule has 112 valence electrons. The third kappa shape index (κ3) is 3.29. The molecule has 2 rings (SSSR count). The molecular formula is C15H12ClF3O2. The Morgan fingerprint density at radius 1 is 1.14 bits per heavy atom. The Labute approximate surface area is 124 Å². The van der Waals surface area contributed by atoms with Gasteiger partial charge in [-0.25, -0.2) is 0 Å². The van der Waals surface area contributed by atoms with Crippen molar-refractivity contribution in [3.63, 3.8) is 0 Å². The van der Waals surface area contributed by atoms with E-state index >= 15 is 0 Å². The number of alkyl halides is 3. The van der Waals surface area contributed by atoms with Crippen LogP contribution in [0.1, 0.15) is 18.4 Å². The lowest BCUT2D eigenvalue weighted by molar-refractivity contribution is -0.183. The maximum atomic E-state index is 12.8.